The molecule has 0 aliphatic rings. The maximum atomic E-state index is 12.1. The molecule has 0 aromatic carbocycles. The minimum Gasteiger partial charge on any atom is -0.355 e. The van der Waals surface area contributed by atoms with Gasteiger partial charge in [-0.1, -0.05) is 6.92 Å². The summed E-state index contributed by atoms with van der Waals surface area (Å²) >= 11 is 0. The first kappa shape index (κ1) is 13.7. The number of nitrogens with zero attached hydrogens (tertiary/aromatic N) is 3. The van der Waals surface area contributed by atoms with E-state index < -0.39 is 0 Å². The summed E-state index contributed by atoms with van der Waals surface area (Å²) in [7, 11) is 1.88. The Kier molecular flexibility index (Phi) is 5.15. The Bertz CT molecular complexity index is 400. The van der Waals surface area contributed by atoms with Gasteiger partial charge in [-0.05, 0) is 19.8 Å². The SMILES string of the molecule is CCCn1ccnc(N(C)CCC(C)N)c1=O. The Morgan fingerprint density at radius 2 is 2.29 bits per heavy atom. The average Bonchev–Trinajstić information content (AvgIpc) is 2.29. The number of aryl methyl sites for hydroxylation is 1. The van der Waals surface area contributed by atoms with Crippen molar-refractivity contribution in [2.75, 3.05) is 18.5 Å². The molecule has 1 aromatic heterocycles. The fourth-order valence-electron chi connectivity index (χ4n) is 1.62. The summed E-state index contributed by atoms with van der Waals surface area (Å²) < 4.78 is 1.70. The largest absolute Gasteiger partial charge is 0.355 e. The van der Waals surface area contributed by atoms with Gasteiger partial charge in [-0.15, -0.1) is 0 Å². The Hall–Kier alpha value is -1.36. The molecule has 0 saturated heterocycles. The molecule has 5 heteroatoms. The lowest BCUT2D eigenvalue weighted by molar-refractivity contribution is 0.630. The van der Waals surface area contributed by atoms with Crippen LogP contribution in [0.2, 0.25) is 0 Å². The van der Waals surface area contributed by atoms with Crippen LogP contribution in [0.5, 0.6) is 0 Å². The Morgan fingerprint density at radius 1 is 1.59 bits per heavy atom. The van der Waals surface area contributed by atoms with E-state index in [-0.39, 0.29) is 11.6 Å². The molecule has 1 atom stereocenters. The molecular formula is C12H22N4O. The van der Waals surface area contributed by atoms with Gasteiger partial charge >= 0.3 is 0 Å². The second-order valence-corrected chi connectivity index (χ2v) is 4.44. The molecule has 2 N–H and O–H groups in total. The number of aromatic nitrogens is 2. The second kappa shape index (κ2) is 6.39. The molecule has 1 aromatic rings. The number of nitrogens with two attached hydrogens (primary N) is 1. The molecule has 96 valence electrons. The number of rotatable bonds is 6. The number of hydrogen-bond acceptors (Lipinski definition) is 4. The fourth-order valence-corrected chi connectivity index (χ4v) is 1.62. The highest BCUT2D eigenvalue weighted by Crippen LogP contribution is 2.02. The van der Waals surface area contributed by atoms with Crippen LogP contribution in [-0.4, -0.2) is 29.2 Å². The van der Waals surface area contributed by atoms with Crippen LogP contribution in [0.4, 0.5) is 5.82 Å². The van der Waals surface area contributed by atoms with Crippen LogP contribution in [-0.2, 0) is 6.54 Å². The third-order valence-corrected chi connectivity index (χ3v) is 2.64. The van der Waals surface area contributed by atoms with Crippen molar-refractivity contribution >= 4 is 5.82 Å². The van der Waals surface area contributed by atoms with E-state index in [1.807, 2.05) is 25.8 Å². The molecule has 0 amide bonds. The van der Waals surface area contributed by atoms with E-state index in [1.165, 1.54) is 0 Å². The number of hydrogen-bond donors (Lipinski definition) is 1. The molecule has 0 spiro atoms. The van der Waals surface area contributed by atoms with Gasteiger partial charge in [0.1, 0.15) is 0 Å². The lowest BCUT2D eigenvalue weighted by Crippen LogP contribution is -2.33. The summed E-state index contributed by atoms with van der Waals surface area (Å²) in [5, 5.41) is 0. The molecule has 0 fully saturated rings. The predicted molar refractivity (Wildman–Crippen MR) is 70.3 cm³/mol. The van der Waals surface area contributed by atoms with Gasteiger partial charge in [0.25, 0.3) is 5.56 Å². The van der Waals surface area contributed by atoms with Crippen LogP contribution < -0.4 is 16.2 Å². The molecule has 1 unspecified atom stereocenters. The molecule has 0 saturated carbocycles. The summed E-state index contributed by atoms with van der Waals surface area (Å²) in [6, 6.07) is 0.138. The monoisotopic (exact) mass is 238 g/mol. The van der Waals surface area contributed by atoms with Crippen LogP contribution >= 0.6 is 0 Å². The second-order valence-electron chi connectivity index (χ2n) is 4.44. The van der Waals surface area contributed by atoms with Crippen LogP contribution in [0, 0.1) is 0 Å². The lowest BCUT2D eigenvalue weighted by atomic mass is 10.2. The van der Waals surface area contributed by atoms with E-state index in [4.69, 9.17) is 5.73 Å². The van der Waals surface area contributed by atoms with Crippen molar-refractivity contribution in [2.45, 2.75) is 39.3 Å². The van der Waals surface area contributed by atoms with Crippen molar-refractivity contribution < 1.29 is 0 Å². The Labute approximate surface area is 102 Å². The van der Waals surface area contributed by atoms with Crippen molar-refractivity contribution in [3.8, 4) is 0 Å². The highest BCUT2D eigenvalue weighted by Gasteiger charge is 2.09. The minimum atomic E-state index is -0.0264. The normalized spacial score (nSPS) is 12.5. The minimum absolute atomic E-state index is 0.0264. The van der Waals surface area contributed by atoms with E-state index in [1.54, 1.807) is 17.0 Å². The van der Waals surface area contributed by atoms with Crippen molar-refractivity contribution in [2.24, 2.45) is 5.73 Å². The third-order valence-electron chi connectivity index (χ3n) is 2.64. The predicted octanol–water partition coefficient (Wildman–Crippen LogP) is 0.827. The molecule has 17 heavy (non-hydrogen) atoms. The molecule has 5 nitrogen and oxygen atoms in total. The van der Waals surface area contributed by atoms with E-state index in [9.17, 15) is 4.79 Å². The third kappa shape index (κ3) is 3.85. The van der Waals surface area contributed by atoms with Crippen molar-refractivity contribution in [3.05, 3.63) is 22.7 Å². The molecule has 0 bridgehead atoms. The van der Waals surface area contributed by atoms with E-state index in [0.717, 1.165) is 25.9 Å². The van der Waals surface area contributed by atoms with Gasteiger partial charge in [0.05, 0.1) is 0 Å². The first-order chi connectivity index (χ1) is 8.06. The molecule has 1 rings (SSSR count). The van der Waals surface area contributed by atoms with E-state index in [2.05, 4.69) is 4.98 Å². The fraction of sp³-hybridized carbons (Fsp3) is 0.667. The quantitative estimate of drug-likeness (QED) is 0.797. The van der Waals surface area contributed by atoms with Gasteiger partial charge in [-0.25, -0.2) is 4.98 Å². The maximum Gasteiger partial charge on any atom is 0.293 e. The first-order valence-corrected chi connectivity index (χ1v) is 6.08. The van der Waals surface area contributed by atoms with E-state index >= 15 is 0 Å². The van der Waals surface area contributed by atoms with Crippen molar-refractivity contribution in [1.82, 2.24) is 9.55 Å². The molecule has 0 radical (unpaired) electrons. The Balaban J connectivity index is 2.83. The van der Waals surface area contributed by atoms with Gasteiger partial charge in [-0.2, -0.15) is 0 Å². The van der Waals surface area contributed by atoms with Gasteiger partial charge < -0.3 is 15.2 Å². The van der Waals surface area contributed by atoms with Crippen LogP contribution in [0.3, 0.4) is 0 Å². The zero-order chi connectivity index (χ0) is 12.8. The summed E-state index contributed by atoms with van der Waals surface area (Å²) in [5.41, 5.74) is 5.68. The molecular weight excluding hydrogens is 216 g/mol. The molecule has 1 heterocycles. The van der Waals surface area contributed by atoms with Gasteiger partial charge in [-0.3, -0.25) is 4.79 Å². The standard InChI is InChI=1S/C12H22N4O/c1-4-7-16-9-6-14-11(12(16)17)15(3)8-5-10(2)13/h6,9-10H,4-5,7-8,13H2,1-3H3. The lowest BCUT2D eigenvalue weighted by Gasteiger charge is -2.19. The van der Waals surface area contributed by atoms with Gasteiger partial charge in [0.15, 0.2) is 5.82 Å². The summed E-state index contributed by atoms with van der Waals surface area (Å²) in [4.78, 5) is 18.1. The van der Waals surface area contributed by atoms with Crippen molar-refractivity contribution in [1.29, 1.82) is 0 Å². The number of anilines is 1. The average molecular weight is 238 g/mol. The topological polar surface area (TPSA) is 64.2 Å². The van der Waals surface area contributed by atoms with Crippen LogP contribution in [0.25, 0.3) is 0 Å². The molecule has 0 aliphatic carbocycles. The zero-order valence-electron chi connectivity index (χ0n) is 10.9. The smallest absolute Gasteiger partial charge is 0.293 e. The van der Waals surface area contributed by atoms with Gasteiger partial charge in [0.2, 0.25) is 0 Å². The Morgan fingerprint density at radius 3 is 2.88 bits per heavy atom. The maximum absolute atomic E-state index is 12.1. The van der Waals surface area contributed by atoms with Crippen LogP contribution in [0.15, 0.2) is 17.2 Å². The van der Waals surface area contributed by atoms with Crippen molar-refractivity contribution in [3.63, 3.8) is 0 Å². The summed E-state index contributed by atoms with van der Waals surface area (Å²) in [6.07, 6.45) is 5.19. The van der Waals surface area contributed by atoms with E-state index in [0.29, 0.717) is 5.82 Å². The summed E-state index contributed by atoms with van der Waals surface area (Å²) in [6.45, 7) is 5.49. The molecule has 0 aliphatic heterocycles. The highest BCUT2D eigenvalue weighted by molar-refractivity contribution is 5.34. The first-order valence-electron chi connectivity index (χ1n) is 6.08. The summed E-state index contributed by atoms with van der Waals surface area (Å²) in [5.74, 6) is 0.501. The highest BCUT2D eigenvalue weighted by atomic mass is 16.1. The van der Waals surface area contributed by atoms with Crippen LogP contribution in [0.1, 0.15) is 26.7 Å². The van der Waals surface area contributed by atoms with Gasteiger partial charge in [0, 0.05) is 38.6 Å². The zero-order valence-corrected chi connectivity index (χ0v) is 10.9.